The number of hydrogen-bond acceptors (Lipinski definition) is 6. The molecule has 4 saturated heterocycles. The number of anilines is 1. The van der Waals surface area contributed by atoms with Crippen molar-refractivity contribution in [1.82, 2.24) is 20.1 Å². The molecule has 0 saturated carbocycles. The van der Waals surface area contributed by atoms with Gasteiger partial charge in [0.1, 0.15) is 12.4 Å². The molecule has 7 nitrogen and oxygen atoms in total. The lowest BCUT2D eigenvalue weighted by atomic mass is 9.75. The molecule has 4 aliphatic rings. The van der Waals surface area contributed by atoms with Crippen molar-refractivity contribution in [2.75, 3.05) is 71.0 Å². The van der Waals surface area contributed by atoms with E-state index in [2.05, 4.69) is 37.1 Å². The standard InChI is InChI=1S/C21H33N5O2/c1-28-16-21(27)23-13-19-12-17-5-7-26(19)15-18(17)14-24-8-10-25(11-9-24)20-4-2-3-6-22-20/h2-4,6,17-19H,5,7-16H2,1H3,(H,23,27). The fourth-order valence-electron chi connectivity index (χ4n) is 5.11. The second-order valence-corrected chi connectivity index (χ2v) is 8.41. The van der Waals surface area contributed by atoms with Gasteiger partial charge in [0.05, 0.1) is 0 Å². The van der Waals surface area contributed by atoms with Gasteiger partial charge in [-0.15, -0.1) is 0 Å². The summed E-state index contributed by atoms with van der Waals surface area (Å²) in [5.41, 5.74) is 0. The molecule has 4 fully saturated rings. The van der Waals surface area contributed by atoms with E-state index in [1.54, 1.807) is 7.11 Å². The van der Waals surface area contributed by atoms with Crippen LogP contribution in [0.2, 0.25) is 0 Å². The van der Waals surface area contributed by atoms with Crippen molar-refractivity contribution in [3.05, 3.63) is 24.4 Å². The Bertz CT molecular complexity index is 635. The summed E-state index contributed by atoms with van der Waals surface area (Å²) < 4.78 is 4.90. The van der Waals surface area contributed by atoms with E-state index in [1.807, 2.05) is 12.3 Å². The average Bonchev–Trinajstić information content (AvgIpc) is 2.74. The van der Waals surface area contributed by atoms with Crippen LogP contribution in [0.4, 0.5) is 5.82 Å². The number of rotatable bonds is 7. The molecule has 4 unspecified atom stereocenters. The molecule has 0 spiro atoms. The minimum absolute atomic E-state index is 0.00697. The van der Waals surface area contributed by atoms with Gasteiger partial charge in [0, 0.05) is 65.2 Å². The van der Waals surface area contributed by atoms with Crippen molar-refractivity contribution in [2.45, 2.75) is 18.9 Å². The number of piperazine rings is 1. The van der Waals surface area contributed by atoms with Crippen LogP contribution in [0.25, 0.3) is 0 Å². The summed E-state index contributed by atoms with van der Waals surface area (Å²) in [4.78, 5) is 23.8. The summed E-state index contributed by atoms with van der Waals surface area (Å²) in [6.07, 6.45) is 4.40. The topological polar surface area (TPSA) is 60.9 Å². The van der Waals surface area contributed by atoms with E-state index in [0.717, 1.165) is 50.4 Å². The zero-order valence-corrected chi connectivity index (χ0v) is 16.9. The van der Waals surface area contributed by atoms with Crippen LogP contribution in [-0.2, 0) is 9.53 Å². The first-order valence-corrected chi connectivity index (χ1v) is 10.6. The summed E-state index contributed by atoms with van der Waals surface area (Å²) in [5.74, 6) is 2.65. The molecule has 5 rings (SSSR count). The van der Waals surface area contributed by atoms with Crippen LogP contribution in [0.15, 0.2) is 24.4 Å². The van der Waals surface area contributed by atoms with E-state index in [9.17, 15) is 4.79 Å². The van der Waals surface area contributed by atoms with Crippen molar-refractivity contribution in [2.24, 2.45) is 11.8 Å². The van der Waals surface area contributed by atoms with Crippen molar-refractivity contribution in [3.63, 3.8) is 0 Å². The van der Waals surface area contributed by atoms with Gasteiger partial charge in [-0.25, -0.2) is 4.98 Å². The zero-order valence-electron chi connectivity index (χ0n) is 16.9. The van der Waals surface area contributed by atoms with Gasteiger partial charge in [0.25, 0.3) is 0 Å². The molecule has 0 aliphatic carbocycles. The molecule has 1 aromatic rings. The number of aromatic nitrogens is 1. The number of nitrogens with zero attached hydrogens (tertiary/aromatic N) is 4. The van der Waals surface area contributed by atoms with E-state index in [4.69, 9.17) is 4.74 Å². The quantitative estimate of drug-likeness (QED) is 0.742. The summed E-state index contributed by atoms with van der Waals surface area (Å²) in [7, 11) is 1.56. The molecule has 4 aliphatic heterocycles. The Morgan fingerprint density at radius 3 is 2.79 bits per heavy atom. The third-order valence-corrected chi connectivity index (χ3v) is 6.66. The maximum Gasteiger partial charge on any atom is 0.246 e. The molecule has 5 heterocycles. The van der Waals surface area contributed by atoms with Crippen molar-refractivity contribution in [1.29, 1.82) is 0 Å². The average molecular weight is 388 g/mol. The number of ether oxygens (including phenoxy) is 1. The number of nitrogens with one attached hydrogen (secondary N) is 1. The predicted molar refractivity (Wildman–Crippen MR) is 109 cm³/mol. The van der Waals surface area contributed by atoms with Gasteiger partial charge in [-0.2, -0.15) is 0 Å². The first kappa shape index (κ1) is 19.6. The zero-order chi connectivity index (χ0) is 19.3. The molecule has 0 radical (unpaired) electrons. The molecule has 7 heteroatoms. The minimum atomic E-state index is -0.00697. The number of amides is 1. The van der Waals surface area contributed by atoms with E-state index in [-0.39, 0.29) is 12.5 Å². The molecule has 1 aromatic heterocycles. The summed E-state index contributed by atoms with van der Waals surface area (Å²) in [6.45, 7) is 8.85. The third-order valence-electron chi connectivity index (χ3n) is 6.66. The number of piperidine rings is 3. The second kappa shape index (κ2) is 9.20. The van der Waals surface area contributed by atoms with Gasteiger partial charge in [-0.3, -0.25) is 14.6 Å². The van der Waals surface area contributed by atoms with Crippen LogP contribution in [0, 0.1) is 11.8 Å². The van der Waals surface area contributed by atoms with E-state index in [1.165, 1.54) is 32.5 Å². The Morgan fingerprint density at radius 2 is 2.11 bits per heavy atom. The van der Waals surface area contributed by atoms with Crippen molar-refractivity contribution < 1.29 is 9.53 Å². The Kier molecular flexibility index (Phi) is 6.44. The van der Waals surface area contributed by atoms with Crippen LogP contribution in [0.1, 0.15) is 12.8 Å². The van der Waals surface area contributed by atoms with Crippen LogP contribution in [-0.4, -0.2) is 92.8 Å². The lowest BCUT2D eigenvalue weighted by molar-refractivity contribution is -0.125. The number of methoxy groups -OCH3 is 1. The number of fused-ring (bicyclic) bond motifs is 3. The molecule has 2 bridgehead atoms. The molecular formula is C21H33N5O2. The summed E-state index contributed by atoms with van der Waals surface area (Å²) in [5, 5.41) is 3.03. The molecule has 28 heavy (non-hydrogen) atoms. The maximum atomic E-state index is 11.7. The highest BCUT2D eigenvalue weighted by Gasteiger charge is 2.40. The summed E-state index contributed by atoms with van der Waals surface area (Å²) in [6, 6.07) is 6.64. The van der Waals surface area contributed by atoms with Crippen LogP contribution >= 0.6 is 0 Å². The number of hydrogen-bond donors (Lipinski definition) is 1. The Morgan fingerprint density at radius 1 is 1.25 bits per heavy atom. The highest BCUT2D eigenvalue weighted by Crippen LogP contribution is 2.36. The van der Waals surface area contributed by atoms with Gasteiger partial charge in [-0.05, 0) is 43.4 Å². The fraction of sp³-hybridized carbons (Fsp3) is 0.714. The van der Waals surface area contributed by atoms with Gasteiger partial charge in [-0.1, -0.05) is 6.07 Å². The molecule has 1 N–H and O–H groups in total. The largest absolute Gasteiger partial charge is 0.375 e. The highest BCUT2D eigenvalue weighted by atomic mass is 16.5. The SMILES string of the molecule is COCC(=O)NCC1CC2CCN1CC2CN1CCN(c2ccccn2)CC1. The lowest BCUT2D eigenvalue weighted by Gasteiger charge is -2.51. The normalized spacial score (nSPS) is 30.4. The maximum absolute atomic E-state index is 11.7. The molecule has 0 aromatic carbocycles. The Labute approximate surface area is 168 Å². The summed E-state index contributed by atoms with van der Waals surface area (Å²) >= 11 is 0. The van der Waals surface area contributed by atoms with Crippen molar-refractivity contribution in [3.8, 4) is 0 Å². The lowest BCUT2D eigenvalue weighted by Crippen LogP contribution is -2.59. The Balaban J connectivity index is 1.22. The van der Waals surface area contributed by atoms with Crippen LogP contribution in [0.5, 0.6) is 0 Å². The number of carbonyl (C=O) groups is 1. The van der Waals surface area contributed by atoms with Gasteiger partial charge in [0.15, 0.2) is 0 Å². The number of carbonyl (C=O) groups excluding carboxylic acids is 1. The molecule has 1 amide bonds. The monoisotopic (exact) mass is 387 g/mol. The van der Waals surface area contributed by atoms with E-state index < -0.39 is 0 Å². The first-order chi connectivity index (χ1) is 13.7. The molecular weight excluding hydrogens is 354 g/mol. The highest BCUT2D eigenvalue weighted by molar-refractivity contribution is 5.77. The van der Waals surface area contributed by atoms with E-state index in [0.29, 0.717) is 6.04 Å². The van der Waals surface area contributed by atoms with Crippen LogP contribution < -0.4 is 10.2 Å². The number of pyridine rings is 1. The molecule has 154 valence electrons. The first-order valence-electron chi connectivity index (χ1n) is 10.6. The van der Waals surface area contributed by atoms with Crippen molar-refractivity contribution >= 4 is 11.7 Å². The minimum Gasteiger partial charge on any atom is -0.375 e. The second-order valence-electron chi connectivity index (χ2n) is 8.41. The van der Waals surface area contributed by atoms with E-state index >= 15 is 0 Å². The third kappa shape index (κ3) is 4.64. The van der Waals surface area contributed by atoms with Gasteiger partial charge < -0.3 is 15.0 Å². The van der Waals surface area contributed by atoms with Crippen LogP contribution in [0.3, 0.4) is 0 Å². The predicted octanol–water partition coefficient (Wildman–Crippen LogP) is 0.677. The Hall–Kier alpha value is -1.70. The molecule has 4 atom stereocenters. The van der Waals surface area contributed by atoms with Gasteiger partial charge in [0.2, 0.25) is 5.91 Å². The van der Waals surface area contributed by atoms with Gasteiger partial charge >= 0.3 is 0 Å². The smallest absolute Gasteiger partial charge is 0.246 e. The fourth-order valence-corrected chi connectivity index (χ4v) is 5.11.